The minimum atomic E-state index is -3.18. The first-order chi connectivity index (χ1) is 13.9. The fourth-order valence-corrected chi connectivity index (χ4v) is 6.68. The summed E-state index contributed by atoms with van der Waals surface area (Å²) in [5.74, 6) is -0.473. The molecular formula is C19H23N3O5S2. The number of carbonyl (C=O) groups is 2. The number of hydrogen-bond donors (Lipinski definition) is 2. The molecule has 10 heteroatoms. The second-order valence-electron chi connectivity index (χ2n) is 7.42. The van der Waals surface area contributed by atoms with Crippen LogP contribution in [0.3, 0.4) is 0 Å². The van der Waals surface area contributed by atoms with Crippen LogP contribution in [-0.4, -0.2) is 61.8 Å². The zero-order valence-electron chi connectivity index (χ0n) is 15.8. The van der Waals surface area contributed by atoms with E-state index in [2.05, 4.69) is 15.5 Å². The van der Waals surface area contributed by atoms with Crippen molar-refractivity contribution in [1.82, 2.24) is 10.2 Å². The molecule has 4 heterocycles. The quantitative estimate of drug-likeness (QED) is 0.740. The molecule has 0 aliphatic carbocycles. The first-order valence-electron chi connectivity index (χ1n) is 9.61. The maximum Gasteiger partial charge on any atom is 0.291 e. The van der Waals surface area contributed by atoms with Gasteiger partial charge in [-0.25, -0.2) is 8.42 Å². The molecule has 2 aromatic rings. The van der Waals surface area contributed by atoms with E-state index in [1.165, 1.54) is 6.26 Å². The number of carbonyl (C=O) groups excluding carboxylic acids is 2. The zero-order valence-corrected chi connectivity index (χ0v) is 17.4. The Morgan fingerprint density at radius 1 is 1.07 bits per heavy atom. The Hall–Kier alpha value is -2.17. The Morgan fingerprint density at radius 3 is 2.59 bits per heavy atom. The minimum Gasteiger partial charge on any atom is -0.459 e. The summed E-state index contributed by atoms with van der Waals surface area (Å²) in [6.45, 7) is 1.74. The second-order valence-corrected chi connectivity index (χ2v) is 10.7. The summed E-state index contributed by atoms with van der Waals surface area (Å²) >= 11 is 1.14. The Kier molecular flexibility index (Phi) is 5.75. The molecule has 2 aliphatic rings. The number of piperidine rings is 1. The van der Waals surface area contributed by atoms with Crippen LogP contribution >= 0.6 is 11.3 Å². The summed E-state index contributed by atoms with van der Waals surface area (Å²) in [7, 11) is -3.18. The second kappa shape index (κ2) is 8.29. The Labute approximate surface area is 173 Å². The molecule has 29 heavy (non-hydrogen) atoms. The predicted molar refractivity (Wildman–Crippen MR) is 110 cm³/mol. The normalized spacial score (nSPS) is 24.3. The lowest BCUT2D eigenvalue weighted by Gasteiger charge is -2.34. The summed E-state index contributed by atoms with van der Waals surface area (Å²) < 4.78 is 29.5. The van der Waals surface area contributed by atoms with Crippen LogP contribution in [-0.2, 0) is 9.84 Å². The molecule has 156 valence electrons. The van der Waals surface area contributed by atoms with Crippen molar-refractivity contribution in [2.24, 2.45) is 0 Å². The first kappa shape index (κ1) is 20.1. The largest absolute Gasteiger partial charge is 0.459 e. The molecule has 0 saturated carbocycles. The molecule has 2 unspecified atom stereocenters. The molecule has 0 bridgehead atoms. The molecular weight excluding hydrogens is 414 g/mol. The van der Waals surface area contributed by atoms with Crippen molar-refractivity contribution in [3.05, 3.63) is 41.2 Å². The fraction of sp³-hybridized carbons (Fsp3) is 0.474. The van der Waals surface area contributed by atoms with E-state index in [4.69, 9.17) is 4.42 Å². The first-order valence-corrected chi connectivity index (χ1v) is 12.3. The number of amides is 2. The SMILES string of the molecule is O=C(Nc1ccc(C(=O)NC2CS(=O)(=O)CC2N2CCCCC2)s1)c1ccco1. The topological polar surface area (TPSA) is 109 Å². The summed E-state index contributed by atoms with van der Waals surface area (Å²) in [6.07, 6.45) is 4.69. The van der Waals surface area contributed by atoms with E-state index in [0.29, 0.717) is 9.88 Å². The van der Waals surface area contributed by atoms with Gasteiger partial charge in [-0.3, -0.25) is 14.5 Å². The third-order valence-corrected chi connectivity index (χ3v) is 8.03. The Bertz CT molecular complexity index is 977. The number of likely N-dealkylation sites (tertiary alicyclic amines) is 1. The highest BCUT2D eigenvalue weighted by Gasteiger charge is 2.42. The van der Waals surface area contributed by atoms with Gasteiger partial charge in [-0.1, -0.05) is 6.42 Å². The van der Waals surface area contributed by atoms with Crippen LogP contribution in [0.1, 0.15) is 39.5 Å². The van der Waals surface area contributed by atoms with Crippen LogP contribution in [0.4, 0.5) is 5.00 Å². The van der Waals surface area contributed by atoms with Crippen LogP contribution in [0.25, 0.3) is 0 Å². The lowest BCUT2D eigenvalue weighted by Crippen LogP contribution is -2.52. The molecule has 2 atom stereocenters. The standard InChI is InChI=1S/C19H23N3O5S2/c23-18(15-5-4-10-27-15)21-17-7-6-16(28-17)19(24)20-13-11-29(25,26)12-14(13)22-8-2-1-3-9-22/h4-7,10,13-14H,1-3,8-9,11-12H2,(H,20,24)(H,21,23). The van der Waals surface area contributed by atoms with Gasteiger partial charge in [0, 0.05) is 6.04 Å². The summed E-state index contributed by atoms with van der Waals surface area (Å²) in [5.41, 5.74) is 0. The lowest BCUT2D eigenvalue weighted by atomic mass is 10.0. The molecule has 0 spiro atoms. The highest BCUT2D eigenvalue weighted by molar-refractivity contribution is 7.91. The van der Waals surface area contributed by atoms with Crippen molar-refractivity contribution in [2.45, 2.75) is 31.3 Å². The van der Waals surface area contributed by atoms with E-state index in [1.54, 1.807) is 24.3 Å². The maximum atomic E-state index is 12.7. The number of sulfone groups is 1. The van der Waals surface area contributed by atoms with Crippen LogP contribution < -0.4 is 10.6 Å². The summed E-state index contributed by atoms with van der Waals surface area (Å²) in [5, 5.41) is 6.12. The van der Waals surface area contributed by atoms with E-state index in [1.807, 2.05) is 0 Å². The summed E-state index contributed by atoms with van der Waals surface area (Å²) in [4.78, 5) is 27.4. The number of anilines is 1. The highest BCUT2D eigenvalue weighted by Crippen LogP contribution is 2.25. The molecule has 0 aromatic carbocycles. The van der Waals surface area contributed by atoms with E-state index in [9.17, 15) is 18.0 Å². The third kappa shape index (κ3) is 4.71. The van der Waals surface area contributed by atoms with Gasteiger partial charge in [-0.05, 0) is 50.2 Å². The average Bonchev–Trinajstić information content (AvgIpc) is 3.42. The molecule has 2 N–H and O–H groups in total. The number of furan rings is 1. The van der Waals surface area contributed by atoms with Gasteiger partial charge >= 0.3 is 0 Å². The third-order valence-electron chi connectivity index (χ3n) is 5.31. The van der Waals surface area contributed by atoms with E-state index in [-0.39, 0.29) is 29.2 Å². The van der Waals surface area contributed by atoms with Crippen molar-refractivity contribution in [3.8, 4) is 0 Å². The van der Waals surface area contributed by atoms with Crippen LogP contribution in [0.2, 0.25) is 0 Å². The van der Waals surface area contributed by atoms with Gasteiger partial charge in [-0.15, -0.1) is 11.3 Å². The molecule has 2 amide bonds. The van der Waals surface area contributed by atoms with Crippen LogP contribution in [0.15, 0.2) is 34.9 Å². The highest BCUT2D eigenvalue weighted by atomic mass is 32.2. The van der Waals surface area contributed by atoms with Crippen molar-refractivity contribution in [1.29, 1.82) is 0 Å². The molecule has 4 rings (SSSR count). The van der Waals surface area contributed by atoms with Crippen LogP contribution in [0, 0.1) is 0 Å². The molecule has 2 saturated heterocycles. The van der Waals surface area contributed by atoms with Crippen molar-refractivity contribution in [2.75, 3.05) is 29.9 Å². The van der Waals surface area contributed by atoms with E-state index >= 15 is 0 Å². The van der Waals surface area contributed by atoms with Gasteiger partial charge in [0.2, 0.25) is 0 Å². The van der Waals surface area contributed by atoms with Crippen molar-refractivity contribution >= 4 is 38.0 Å². The van der Waals surface area contributed by atoms with Gasteiger partial charge < -0.3 is 15.1 Å². The maximum absolute atomic E-state index is 12.7. The van der Waals surface area contributed by atoms with E-state index in [0.717, 1.165) is 43.7 Å². The van der Waals surface area contributed by atoms with Gasteiger partial charge in [0.05, 0.1) is 33.7 Å². The average molecular weight is 438 g/mol. The van der Waals surface area contributed by atoms with Crippen molar-refractivity contribution < 1.29 is 22.4 Å². The van der Waals surface area contributed by atoms with Gasteiger partial charge in [0.25, 0.3) is 11.8 Å². The number of nitrogens with zero attached hydrogens (tertiary/aromatic N) is 1. The summed E-state index contributed by atoms with van der Waals surface area (Å²) in [6, 6.07) is 5.84. The molecule has 2 fully saturated rings. The van der Waals surface area contributed by atoms with Gasteiger partial charge in [0.15, 0.2) is 15.6 Å². The van der Waals surface area contributed by atoms with E-state index < -0.39 is 21.8 Å². The molecule has 8 nitrogen and oxygen atoms in total. The molecule has 2 aliphatic heterocycles. The minimum absolute atomic E-state index is 0.0344. The number of nitrogens with one attached hydrogen (secondary N) is 2. The Balaban J connectivity index is 1.41. The van der Waals surface area contributed by atoms with Crippen LogP contribution in [0.5, 0.6) is 0 Å². The van der Waals surface area contributed by atoms with Gasteiger partial charge in [0.1, 0.15) is 0 Å². The number of thiophene rings is 1. The molecule has 2 aromatic heterocycles. The fourth-order valence-electron chi connectivity index (χ4n) is 3.92. The monoisotopic (exact) mass is 437 g/mol. The zero-order chi connectivity index (χ0) is 20.4. The Morgan fingerprint density at radius 2 is 1.86 bits per heavy atom. The number of hydrogen-bond acceptors (Lipinski definition) is 7. The van der Waals surface area contributed by atoms with Gasteiger partial charge in [-0.2, -0.15) is 0 Å². The lowest BCUT2D eigenvalue weighted by molar-refractivity contribution is 0.0903. The predicted octanol–water partition coefficient (Wildman–Crippen LogP) is 1.97. The number of rotatable bonds is 5. The molecule has 0 radical (unpaired) electrons. The van der Waals surface area contributed by atoms with Crippen molar-refractivity contribution in [3.63, 3.8) is 0 Å². The smallest absolute Gasteiger partial charge is 0.291 e.